The van der Waals surface area contributed by atoms with Gasteiger partial charge in [-0.25, -0.2) is 0 Å². The van der Waals surface area contributed by atoms with E-state index in [1.165, 1.54) is 27.5 Å². The van der Waals surface area contributed by atoms with Gasteiger partial charge in [0.25, 0.3) is 0 Å². The molecule has 0 aliphatic rings. The second-order valence-electron chi connectivity index (χ2n) is 3.82. The Morgan fingerprint density at radius 1 is 0.929 bits per heavy atom. The molecule has 0 atom stereocenters. The molecule has 0 saturated carbocycles. The van der Waals surface area contributed by atoms with Gasteiger partial charge in [0.15, 0.2) is 0 Å². The van der Waals surface area contributed by atoms with E-state index in [1.54, 1.807) is 0 Å². The molecular formula is C13H15N. The van der Waals surface area contributed by atoms with Crippen molar-refractivity contribution in [2.24, 2.45) is 5.73 Å². The van der Waals surface area contributed by atoms with Crippen molar-refractivity contribution in [3.05, 3.63) is 47.0 Å². The molecule has 0 saturated heterocycles. The van der Waals surface area contributed by atoms with E-state index in [2.05, 4.69) is 44.2 Å². The fraction of sp³-hybridized carbons (Fsp3) is 0.231. The maximum atomic E-state index is 5.61. The van der Waals surface area contributed by atoms with Crippen LogP contribution in [0.1, 0.15) is 16.7 Å². The molecule has 0 bridgehead atoms. The molecule has 0 unspecified atom stereocenters. The second-order valence-corrected chi connectivity index (χ2v) is 3.82. The Bertz CT molecular complexity index is 472. The van der Waals surface area contributed by atoms with Gasteiger partial charge in [-0.2, -0.15) is 0 Å². The molecule has 72 valence electrons. The van der Waals surface area contributed by atoms with Gasteiger partial charge in [-0.3, -0.25) is 0 Å². The van der Waals surface area contributed by atoms with E-state index in [4.69, 9.17) is 5.73 Å². The largest absolute Gasteiger partial charge is 0.326 e. The first-order valence-corrected chi connectivity index (χ1v) is 4.90. The van der Waals surface area contributed by atoms with Crippen molar-refractivity contribution in [2.75, 3.05) is 0 Å². The van der Waals surface area contributed by atoms with Gasteiger partial charge in [0.05, 0.1) is 0 Å². The van der Waals surface area contributed by atoms with E-state index in [0.717, 1.165) is 0 Å². The number of benzene rings is 2. The van der Waals surface area contributed by atoms with Crippen molar-refractivity contribution >= 4 is 10.8 Å². The summed E-state index contributed by atoms with van der Waals surface area (Å²) in [5, 5.41) is 2.58. The first-order chi connectivity index (χ1) is 6.70. The molecule has 0 aliphatic heterocycles. The summed E-state index contributed by atoms with van der Waals surface area (Å²) >= 11 is 0. The van der Waals surface area contributed by atoms with Crippen molar-refractivity contribution in [1.29, 1.82) is 0 Å². The summed E-state index contributed by atoms with van der Waals surface area (Å²) in [5.74, 6) is 0. The molecule has 0 spiro atoms. The monoisotopic (exact) mass is 185 g/mol. The summed E-state index contributed by atoms with van der Waals surface area (Å²) in [6.45, 7) is 4.90. The maximum absolute atomic E-state index is 5.61. The van der Waals surface area contributed by atoms with E-state index in [1.807, 2.05) is 0 Å². The van der Waals surface area contributed by atoms with Gasteiger partial charge in [0, 0.05) is 6.54 Å². The highest BCUT2D eigenvalue weighted by atomic mass is 14.5. The van der Waals surface area contributed by atoms with E-state index < -0.39 is 0 Å². The molecule has 1 heteroatoms. The molecule has 0 aliphatic carbocycles. The Kier molecular flexibility index (Phi) is 2.26. The van der Waals surface area contributed by atoms with Gasteiger partial charge >= 0.3 is 0 Å². The van der Waals surface area contributed by atoms with Crippen LogP contribution in [0, 0.1) is 13.8 Å². The summed E-state index contributed by atoms with van der Waals surface area (Å²) < 4.78 is 0. The van der Waals surface area contributed by atoms with Crippen LogP contribution in [0.25, 0.3) is 10.8 Å². The lowest BCUT2D eigenvalue weighted by Gasteiger charge is -2.05. The zero-order chi connectivity index (χ0) is 10.1. The van der Waals surface area contributed by atoms with Crippen molar-refractivity contribution in [3.63, 3.8) is 0 Å². The molecule has 0 radical (unpaired) electrons. The van der Waals surface area contributed by atoms with E-state index in [0.29, 0.717) is 6.54 Å². The third-order valence-electron chi connectivity index (χ3n) is 2.75. The minimum Gasteiger partial charge on any atom is -0.326 e. The zero-order valence-electron chi connectivity index (χ0n) is 8.67. The van der Waals surface area contributed by atoms with E-state index >= 15 is 0 Å². The average Bonchev–Trinajstić information content (AvgIpc) is 2.19. The standard InChI is InChI=1S/C13H15N/c1-9-5-12-4-3-11(8-14)7-13(12)6-10(9)2/h3-7H,8,14H2,1-2H3. The van der Waals surface area contributed by atoms with Crippen LogP contribution in [0.5, 0.6) is 0 Å². The zero-order valence-corrected chi connectivity index (χ0v) is 8.67. The number of nitrogens with two attached hydrogens (primary N) is 1. The lowest BCUT2D eigenvalue weighted by molar-refractivity contribution is 1.08. The molecule has 2 N–H and O–H groups in total. The SMILES string of the molecule is Cc1cc2ccc(CN)cc2cc1C. The minimum absolute atomic E-state index is 0.614. The van der Waals surface area contributed by atoms with Crippen LogP contribution in [0.15, 0.2) is 30.3 Å². The lowest BCUT2D eigenvalue weighted by atomic mass is 10.0. The molecule has 1 nitrogen and oxygen atoms in total. The maximum Gasteiger partial charge on any atom is 0.0178 e. The number of hydrogen-bond donors (Lipinski definition) is 1. The van der Waals surface area contributed by atoms with Gasteiger partial charge in [0.2, 0.25) is 0 Å². The number of rotatable bonds is 1. The molecule has 0 amide bonds. The van der Waals surface area contributed by atoms with Crippen LogP contribution >= 0.6 is 0 Å². The predicted octanol–water partition coefficient (Wildman–Crippen LogP) is 2.92. The van der Waals surface area contributed by atoms with Crippen molar-refractivity contribution in [1.82, 2.24) is 0 Å². The topological polar surface area (TPSA) is 26.0 Å². The molecule has 2 aromatic carbocycles. The Morgan fingerprint density at radius 2 is 1.57 bits per heavy atom. The lowest BCUT2D eigenvalue weighted by Crippen LogP contribution is -1.95. The predicted molar refractivity (Wildman–Crippen MR) is 61.3 cm³/mol. The van der Waals surface area contributed by atoms with Gasteiger partial charge in [0.1, 0.15) is 0 Å². The van der Waals surface area contributed by atoms with E-state index in [9.17, 15) is 0 Å². The minimum atomic E-state index is 0.614. The van der Waals surface area contributed by atoms with E-state index in [-0.39, 0.29) is 0 Å². The molecular weight excluding hydrogens is 170 g/mol. The van der Waals surface area contributed by atoms with Gasteiger partial charge in [-0.15, -0.1) is 0 Å². The molecule has 2 rings (SSSR count). The van der Waals surface area contributed by atoms with Crippen LogP contribution in [0.3, 0.4) is 0 Å². The van der Waals surface area contributed by atoms with Gasteiger partial charge < -0.3 is 5.73 Å². The van der Waals surface area contributed by atoms with Crippen molar-refractivity contribution in [2.45, 2.75) is 20.4 Å². The summed E-state index contributed by atoms with van der Waals surface area (Å²) in [4.78, 5) is 0. The molecule has 14 heavy (non-hydrogen) atoms. The third kappa shape index (κ3) is 1.51. The highest BCUT2D eigenvalue weighted by molar-refractivity contribution is 5.84. The molecule has 0 aromatic heterocycles. The Hall–Kier alpha value is -1.34. The molecule has 0 heterocycles. The quantitative estimate of drug-likeness (QED) is 0.726. The van der Waals surface area contributed by atoms with Crippen LogP contribution in [-0.2, 0) is 6.54 Å². The number of aryl methyl sites for hydroxylation is 2. The fourth-order valence-corrected chi connectivity index (χ4v) is 1.70. The summed E-state index contributed by atoms with van der Waals surface area (Å²) in [6, 6.07) is 10.9. The van der Waals surface area contributed by atoms with Crippen LogP contribution < -0.4 is 5.73 Å². The average molecular weight is 185 g/mol. The normalized spacial score (nSPS) is 10.8. The number of hydrogen-bond acceptors (Lipinski definition) is 1. The Morgan fingerprint density at radius 3 is 2.21 bits per heavy atom. The summed E-state index contributed by atoms with van der Waals surface area (Å²) in [5.41, 5.74) is 9.49. The highest BCUT2D eigenvalue weighted by Gasteiger charge is 1.98. The number of fused-ring (bicyclic) bond motifs is 1. The molecule has 2 aromatic rings. The van der Waals surface area contributed by atoms with Crippen molar-refractivity contribution in [3.8, 4) is 0 Å². The van der Waals surface area contributed by atoms with Crippen molar-refractivity contribution < 1.29 is 0 Å². The van der Waals surface area contributed by atoms with Gasteiger partial charge in [-0.05, 0) is 47.4 Å². The van der Waals surface area contributed by atoms with Crippen LogP contribution in [0.4, 0.5) is 0 Å². The second kappa shape index (κ2) is 3.43. The van der Waals surface area contributed by atoms with Crippen LogP contribution in [0.2, 0.25) is 0 Å². The Labute approximate surface area is 84.5 Å². The first kappa shape index (κ1) is 9.22. The highest BCUT2D eigenvalue weighted by Crippen LogP contribution is 2.20. The fourth-order valence-electron chi connectivity index (χ4n) is 1.70. The van der Waals surface area contributed by atoms with Gasteiger partial charge in [-0.1, -0.05) is 24.3 Å². The van der Waals surface area contributed by atoms with Crippen LogP contribution in [-0.4, -0.2) is 0 Å². The Balaban J connectivity index is 2.70. The molecule has 0 fully saturated rings. The third-order valence-corrected chi connectivity index (χ3v) is 2.75. The summed E-state index contributed by atoms with van der Waals surface area (Å²) in [7, 11) is 0. The first-order valence-electron chi connectivity index (χ1n) is 4.90. The smallest absolute Gasteiger partial charge is 0.0178 e. The summed E-state index contributed by atoms with van der Waals surface area (Å²) in [6.07, 6.45) is 0.